The van der Waals surface area contributed by atoms with Crippen molar-refractivity contribution in [3.8, 4) is 0 Å². The van der Waals surface area contributed by atoms with Crippen molar-refractivity contribution in [1.82, 2.24) is 0 Å². The van der Waals surface area contributed by atoms with Crippen LogP contribution in [-0.4, -0.2) is 31.6 Å². The molecule has 0 radical (unpaired) electrons. The number of hydrogen-bond donors (Lipinski definition) is 1. The fourth-order valence-electron chi connectivity index (χ4n) is 1.84. The van der Waals surface area contributed by atoms with Gasteiger partial charge in [-0.2, -0.15) is 0 Å². The lowest BCUT2D eigenvalue weighted by Gasteiger charge is -2.22. The van der Waals surface area contributed by atoms with E-state index in [2.05, 4.69) is 0 Å². The summed E-state index contributed by atoms with van der Waals surface area (Å²) in [6, 6.07) is 4.42. The molecule has 5 nitrogen and oxygen atoms in total. The Morgan fingerprint density at radius 1 is 1.37 bits per heavy atom. The first-order valence-corrected chi connectivity index (χ1v) is 6.15. The Labute approximate surface area is 113 Å². The topological polar surface area (TPSA) is 72.6 Å². The number of amides is 1. The molecule has 1 amide bonds. The summed E-state index contributed by atoms with van der Waals surface area (Å²) in [5.41, 5.74) is 8.39. The highest BCUT2D eigenvalue weighted by molar-refractivity contribution is 6.09. The first-order valence-electron chi connectivity index (χ1n) is 6.15. The summed E-state index contributed by atoms with van der Waals surface area (Å²) in [5, 5.41) is 0. The highest BCUT2D eigenvalue weighted by Crippen LogP contribution is 2.20. The molecule has 0 aliphatic rings. The summed E-state index contributed by atoms with van der Waals surface area (Å²) in [4.78, 5) is 24.9. The van der Waals surface area contributed by atoms with Crippen LogP contribution in [0.1, 0.15) is 18.1 Å². The highest BCUT2D eigenvalue weighted by atomic mass is 16.5. The van der Waals surface area contributed by atoms with Gasteiger partial charge in [0.25, 0.3) is 5.91 Å². The molecule has 0 saturated heterocycles. The van der Waals surface area contributed by atoms with Crippen LogP contribution in [0.2, 0.25) is 0 Å². The van der Waals surface area contributed by atoms with Crippen LogP contribution in [0.4, 0.5) is 5.69 Å². The largest absolute Gasteiger partial charge is 0.464 e. The minimum Gasteiger partial charge on any atom is -0.464 e. The molecule has 0 aromatic heterocycles. The average Bonchev–Trinajstić information content (AvgIpc) is 2.36. The van der Waals surface area contributed by atoms with Crippen molar-refractivity contribution in [3.05, 3.63) is 29.3 Å². The van der Waals surface area contributed by atoms with Crippen LogP contribution in [0.3, 0.4) is 0 Å². The highest BCUT2D eigenvalue weighted by Gasteiger charge is 2.27. The Bertz CT molecular complexity index is 486. The number of nitrogens with zero attached hydrogens (tertiary/aromatic N) is 1. The lowest BCUT2D eigenvalue weighted by Crippen LogP contribution is -2.47. The van der Waals surface area contributed by atoms with Gasteiger partial charge in [-0.15, -0.1) is 0 Å². The van der Waals surface area contributed by atoms with E-state index in [0.717, 1.165) is 16.8 Å². The molecule has 5 heteroatoms. The number of anilines is 1. The Balaban J connectivity index is 2.90. The normalized spacial score (nSPS) is 11.8. The second-order valence-electron chi connectivity index (χ2n) is 4.42. The summed E-state index contributed by atoms with van der Waals surface area (Å²) < 4.78 is 4.75. The third-order valence-corrected chi connectivity index (χ3v) is 2.85. The van der Waals surface area contributed by atoms with Crippen molar-refractivity contribution in [3.63, 3.8) is 0 Å². The number of hydrogen-bond acceptors (Lipinski definition) is 4. The number of nitrogens with two attached hydrogens (primary N) is 1. The molecule has 0 aliphatic carbocycles. The maximum Gasteiger partial charge on any atom is 0.332 e. The SMILES string of the molecule is CCOC(=O)C(N)C(=O)N(C)c1ccc(C)cc1C. The van der Waals surface area contributed by atoms with E-state index in [9.17, 15) is 9.59 Å². The molecular weight excluding hydrogens is 244 g/mol. The predicted octanol–water partition coefficient (Wildman–Crippen LogP) is 1.16. The number of esters is 1. The summed E-state index contributed by atoms with van der Waals surface area (Å²) in [6.07, 6.45) is 0. The van der Waals surface area contributed by atoms with Crippen molar-refractivity contribution in [2.45, 2.75) is 26.8 Å². The van der Waals surface area contributed by atoms with Crippen LogP contribution in [0, 0.1) is 13.8 Å². The van der Waals surface area contributed by atoms with Crippen LogP contribution in [0.5, 0.6) is 0 Å². The number of carbonyl (C=O) groups is 2. The van der Waals surface area contributed by atoms with Crippen LogP contribution >= 0.6 is 0 Å². The third-order valence-electron chi connectivity index (χ3n) is 2.85. The molecule has 104 valence electrons. The molecule has 0 spiro atoms. The molecule has 1 unspecified atom stereocenters. The molecular formula is C14H20N2O3. The van der Waals surface area contributed by atoms with Gasteiger partial charge in [-0.1, -0.05) is 17.7 Å². The fourth-order valence-corrected chi connectivity index (χ4v) is 1.84. The first kappa shape index (κ1) is 15.2. The van der Waals surface area contributed by atoms with Crippen molar-refractivity contribution in [1.29, 1.82) is 0 Å². The van der Waals surface area contributed by atoms with E-state index >= 15 is 0 Å². The van der Waals surface area contributed by atoms with Gasteiger partial charge in [-0.3, -0.25) is 4.79 Å². The number of aryl methyl sites for hydroxylation is 2. The zero-order valence-electron chi connectivity index (χ0n) is 11.8. The quantitative estimate of drug-likeness (QED) is 0.654. The molecule has 0 heterocycles. The van der Waals surface area contributed by atoms with Gasteiger partial charge >= 0.3 is 5.97 Å². The Morgan fingerprint density at radius 2 is 2.00 bits per heavy atom. The lowest BCUT2D eigenvalue weighted by atomic mass is 10.1. The maximum absolute atomic E-state index is 12.1. The van der Waals surface area contributed by atoms with Crippen LogP contribution in [0.25, 0.3) is 0 Å². The molecule has 2 N–H and O–H groups in total. The van der Waals surface area contributed by atoms with E-state index in [0.29, 0.717) is 0 Å². The van der Waals surface area contributed by atoms with Crippen LogP contribution in [0.15, 0.2) is 18.2 Å². The van der Waals surface area contributed by atoms with Gasteiger partial charge in [-0.05, 0) is 32.4 Å². The zero-order chi connectivity index (χ0) is 14.6. The van der Waals surface area contributed by atoms with E-state index < -0.39 is 17.9 Å². The first-order chi connectivity index (χ1) is 8.88. The van der Waals surface area contributed by atoms with E-state index in [-0.39, 0.29) is 6.61 Å². The minimum atomic E-state index is -1.29. The van der Waals surface area contributed by atoms with E-state index in [4.69, 9.17) is 10.5 Å². The molecule has 1 aromatic rings. The van der Waals surface area contributed by atoms with Gasteiger partial charge in [0, 0.05) is 12.7 Å². The monoisotopic (exact) mass is 264 g/mol. The molecule has 1 rings (SSSR count). The van der Waals surface area contributed by atoms with Gasteiger partial charge in [0.05, 0.1) is 6.61 Å². The van der Waals surface area contributed by atoms with Gasteiger partial charge in [-0.25, -0.2) is 4.79 Å². The second-order valence-corrected chi connectivity index (χ2v) is 4.42. The second kappa shape index (κ2) is 6.33. The average molecular weight is 264 g/mol. The van der Waals surface area contributed by atoms with Gasteiger partial charge in [0.15, 0.2) is 6.04 Å². The van der Waals surface area contributed by atoms with Crippen molar-refractivity contribution >= 4 is 17.6 Å². The standard InChI is InChI=1S/C14H20N2O3/c1-5-19-14(18)12(15)13(17)16(4)11-7-6-9(2)8-10(11)3/h6-8,12H,5,15H2,1-4H3. The summed E-state index contributed by atoms with van der Waals surface area (Å²) in [7, 11) is 1.60. The minimum absolute atomic E-state index is 0.201. The molecule has 0 fully saturated rings. The Morgan fingerprint density at radius 3 is 2.53 bits per heavy atom. The number of carbonyl (C=O) groups excluding carboxylic acids is 2. The van der Waals surface area contributed by atoms with Gasteiger partial charge < -0.3 is 15.4 Å². The van der Waals surface area contributed by atoms with E-state index in [1.165, 1.54) is 4.90 Å². The van der Waals surface area contributed by atoms with Crippen molar-refractivity contribution < 1.29 is 14.3 Å². The predicted molar refractivity (Wildman–Crippen MR) is 73.9 cm³/mol. The lowest BCUT2D eigenvalue weighted by molar-refractivity contribution is -0.147. The molecule has 0 aliphatic heterocycles. The number of likely N-dealkylation sites (N-methyl/N-ethyl adjacent to an activating group) is 1. The summed E-state index contributed by atoms with van der Waals surface area (Å²) in [5.74, 6) is -1.19. The fraction of sp³-hybridized carbons (Fsp3) is 0.429. The summed E-state index contributed by atoms with van der Waals surface area (Å²) >= 11 is 0. The number of benzene rings is 1. The maximum atomic E-state index is 12.1. The van der Waals surface area contributed by atoms with Crippen LogP contribution in [-0.2, 0) is 14.3 Å². The molecule has 1 atom stereocenters. The van der Waals surface area contributed by atoms with Crippen LogP contribution < -0.4 is 10.6 Å². The smallest absolute Gasteiger partial charge is 0.332 e. The summed E-state index contributed by atoms with van der Waals surface area (Å²) in [6.45, 7) is 5.75. The van der Waals surface area contributed by atoms with E-state index in [1.807, 2.05) is 32.0 Å². The van der Waals surface area contributed by atoms with Crippen molar-refractivity contribution in [2.75, 3.05) is 18.6 Å². The van der Waals surface area contributed by atoms with Crippen molar-refractivity contribution in [2.24, 2.45) is 5.73 Å². The number of ether oxygens (including phenoxy) is 1. The Kier molecular flexibility index (Phi) is 5.06. The van der Waals surface area contributed by atoms with Gasteiger partial charge in [0.1, 0.15) is 0 Å². The zero-order valence-corrected chi connectivity index (χ0v) is 11.8. The molecule has 0 saturated carbocycles. The third kappa shape index (κ3) is 3.54. The molecule has 0 bridgehead atoms. The van der Waals surface area contributed by atoms with E-state index in [1.54, 1.807) is 14.0 Å². The molecule has 19 heavy (non-hydrogen) atoms. The number of rotatable bonds is 4. The Hall–Kier alpha value is -1.88. The van der Waals surface area contributed by atoms with Gasteiger partial charge in [0.2, 0.25) is 0 Å². The molecule has 1 aromatic carbocycles.